The van der Waals surface area contributed by atoms with Crippen molar-refractivity contribution in [3.05, 3.63) is 0 Å². The normalized spacial score (nSPS) is 35.1. The molecule has 15 heavy (non-hydrogen) atoms. The number of hydrogen-bond acceptors (Lipinski definition) is 3. The molecule has 1 heterocycles. The number of nitrogens with zero attached hydrogens (tertiary/aromatic N) is 1. The van der Waals surface area contributed by atoms with Crippen molar-refractivity contribution in [3.8, 4) is 0 Å². The van der Waals surface area contributed by atoms with Crippen LogP contribution in [0.25, 0.3) is 0 Å². The molecule has 0 spiro atoms. The zero-order valence-electron chi connectivity index (χ0n) is 10.2. The Bertz CT molecular complexity index is 232. The minimum Gasteiger partial charge on any atom is -0.368 e. The summed E-state index contributed by atoms with van der Waals surface area (Å²) >= 11 is 0. The molecule has 1 fully saturated rings. The van der Waals surface area contributed by atoms with E-state index in [1.165, 1.54) is 0 Å². The Kier molecular flexibility index (Phi) is 4.11. The van der Waals surface area contributed by atoms with Gasteiger partial charge >= 0.3 is 0 Å². The predicted octanol–water partition coefficient (Wildman–Crippen LogP) is 0.179. The Morgan fingerprint density at radius 2 is 2.13 bits per heavy atom. The van der Waals surface area contributed by atoms with Crippen molar-refractivity contribution < 1.29 is 4.79 Å². The zero-order valence-corrected chi connectivity index (χ0v) is 10.2. The second-order valence-electron chi connectivity index (χ2n) is 4.90. The van der Waals surface area contributed by atoms with Crippen molar-refractivity contribution in [3.63, 3.8) is 0 Å². The van der Waals surface area contributed by atoms with Gasteiger partial charge in [-0.25, -0.2) is 0 Å². The number of hydrogen-bond donors (Lipinski definition) is 2. The van der Waals surface area contributed by atoms with Crippen molar-refractivity contribution >= 4 is 5.91 Å². The van der Waals surface area contributed by atoms with Crippen molar-refractivity contribution in [1.82, 2.24) is 10.2 Å². The maximum absolute atomic E-state index is 11.0. The van der Waals surface area contributed by atoms with E-state index in [2.05, 4.69) is 31.1 Å². The number of amides is 1. The van der Waals surface area contributed by atoms with Gasteiger partial charge in [-0.05, 0) is 33.2 Å². The summed E-state index contributed by atoms with van der Waals surface area (Å²) < 4.78 is 0. The number of rotatable bonds is 3. The van der Waals surface area contributed by atoms with Gasteiger partial charge in [-0.2, -0.15) is 0 Å². The average molecular weight is 213 g/mol. The Morgan fingerprint density at radius 1 is 1.53 bits per heavy atom. The van der Waals surface area contributed by atoms with Crippen molar-refractivity contribution in [2.75, 3.05) is 13.6 Å². The lowest BCUT2D eigenvalue weighted by atomic mass is 9.89. The Balaban J connectivity index is 2.51. The molecule has 1 aliphatic heterocycles. The minimum absolute atomic E-state index is 0.229. The Hall–Kier alpha value is -0.610. The van der Waals surface area contributed by atoms with E-state index >= 15 is 0 Å². The van der Waals surface area contributed by atoms with E-state index in [1.54, 1.807) is 0 Å². The minimum atomic E-state index is -0.270. The van der Waals surface area contributed by atoms with Crippen LogP contribution < -0.4 is 11.1 Å². The van der Waals surface area contributed by atoms with E-state index < -0.39 is 0 Å². The molecule has 1 saturated heterocycles. The van der Waals surface area contributed by atoms with Crippen molar-refractivity contribution in [2.45, 2.75) is 45.3 Å². The van der Waals surface area contributed by atoms with E-state index in [0.29, 0.717) is 18.0 Å². The number of nitrogens with two attached hydrogens (primary N) is 1. The lowest BCUT2D eigenvalue weighted by molar-refractivity contribution is -0.120. The summed E-state index contributed by atoms with van der Waals surface area (Å²) in [5, 5.41) is 3.32. The summed E-state index contributed by atoms with van der Waals surface area (Å²) in [5.41, 5.74) is 5.25. The molecule has 0 aromatic carbocycles. The molecule has 4 heteroatoms. The first-order valence-corrected chi connectivity index (χ1v) is 5.67. The maximum Gasteiger partial charge on any atom is 0.234 e. The third-order valence-electron chi connectivity index (χ3n) is 3.50. The van der Waals surface area contributed by atoms with E-state index in [-0.39, 0.29) is 11.9 Å². The summed E-state index contributed by atoms with van der Waals surface area (Å²) in [6.45, 7) is 7.34. The molecule has 0 bridgehead atoms. The van der Waals surface area contributed by atoms with Gasteiger partial charge in [0, 0.05) is 18.6 Å². The zero-order chi connectivity index (χ0) is 11.6. The van der Waals surface area contributed by atoms with E-state index in [4.69, 9.17) is 5.73 Å². The van der Waals surface area contributed by atoms with Gasteiger partial charge in [0.25, 0.3) is 0 Å². The molecule has 0 aromatic rings. The van der Waals surface area contributed by atoms with E-state index in [0.717, 1.165) is 13.0 Å². The van der Waals surface area contributed by atoms with Crippen LogP contribution in [-0.4, -0.2) is 42.5 Å². The largest absolute Gasteiger partial charge is 0.368 e. The summed E-state index contributed by atoms with van der Waals surface area (Å²) in [5.74, 6) is 0.293. The standard InChI is InChI=1S/C11H23N3O/c1-7-6-14(4)8(2)5-10(7)13-9(3)11(12)15/h7-10,13H,5-6H2,1-4H3,(H2,12,15). The number of piperidine rings is 1. The van der Waals surface area contributed by atoms with Crippen molar-refractivity contribution in [2.24, 2.45) is 11.7 Å². The molecule has 1 aliphatic rings. The fraction of sp³-hybridized carbons (Fsp3) is 0.909. The topological polar surface area (TPSA) is 58.4 Å². The molecule has 0 aliphatic carbocycles. The van der Waals surface area contributed by atoms with Crippen LogP contribution in [0.15, 0.2) is 0 Å². The van der Waals surface area contributed by atoms with Gasteiger partial charge in [-0.15, -0.1) is 0 Å². The molecule has 4 unspecified atom stereocenters. The molecule has 1 amide bonds. The van der Waals surface area contributed by atoms with Crippen LogP contribution in [0.2, 0.25) is 0 Å². The first-order chi connectivity index (χ1) is 6.91. The molecule has 0 radical (unpaired) electrons. The van der Waals surface area contributed by atoms with E-state index in [1.807, 2.05) is 6.92 Å². The monoisotopic (exact) mass is 213 g/mol. The highest BCUT2D eigenvalue weighted by atomic mass is 16.1. The first kappa shape index (κ1) is 12.5. The second-order valence-corrected chi connectivity index (χ2v) is 4.90. The maximum atomic E-state index is 11.0. The number of likely N-dealkylation sites (tertiary alicyclic amines) is 1. The second kappa shape index (κ2) is 4.94. The molecule has 4 atom stereocenters. The number of nitrogens with one attached hydrogen (secondary N) is 1. The molecule has 0 aromatic heterocycles. The van der Waals surface area contributed by atoms with Gasteiger partial charge < -0.3 is 16.0 Å². The van der Waals surface area contributed by atoms with Crippen LogP contribution in [-0.2, 0) is 4.79 Å². The summed E-state index contributed by atoms with van der Waals surface area (Å²) in [6, 6.07) is 0.741. The van der Waals surface area contributed by atoms with Gasteiger partial charge in [-0.3, -0.25) is 4.79 Å². The Labute approximate surface area is 92.2 Å². The van der Waals surface area contributed by atoms with Crippen LogP contribution in [0.5, 0.6) is 0 Å². The van der Waals surface area contributed by atoms with Gasteiger partial charge in [0.1, 0.15) is 0 Å². The lowest BCUT2D eigenvalue weighted by Gasteiger charge is -2.40. The fourth-order valence-electron chi connectivity index (χ4n) is 2.18. The molecule has 88 valence electrons. The van der Waals surface area contributed by atoms with E-state index in [9.17, 15) is 4.79 Å². The van der Waals surface area contributed by atoms with Gasteiger partial charge in [0.15, 0.2) is 0 Å². The van der Waals surface area contributed by atoms with Crippen LogP contribution in [0.4, 0.5) is 0 Å². The first-order valence-electron chi connectivity index (χ1n) is 5.67. The summed E-state index contributed by atoms with van der Waals surface area (Å²) in [6.07, 6.45) is 1.08. The molecule has 1 rings (SSSR count). The van der Waals surface area contributed by atoms with Crippen LogP contribution in [0.1, 0.15) is 27.2 Å². The highest BCUT2D eigenvalue weighted by Gasteiger charge is 2.30. The fourth-order valence-corrected chi connectivity index (χ4v) is 2.18. The Morgan fingerprint density at radius 3 is 2.67 bits per heavy atom. The number of carbonyl (C=O) groups excluding carboxylic acids is 1. The van der Waals surface area contributed by atoms with Crippen molar-refractivity contribution in [1.29, 1.82) is 0 Å². The smallest absolute Gasteiger partial charge is 0.234 e. The average Bonchev–Trinajstić information content (AvgIpc) is 2.13. The summed E-state index contributed by atoms with van der Waals surface area (Å²) in [7, 11) is 2.15. The predicted molar refractivity (Wildman–Crippen MR) is 61.5 cm³/mol. The quantitative estimate of drug-likeness (QED) is 0.703. The van der Waals surface area contributed by atoms with Gasteiger partial charge in [0.2, 0.25) is 5.91 Å². The highest BCUT2D eigenvalue weighted by molar-refractivity contribution is 5.79. The van der Waals surface area contributed by atoms with Crippen LogP contribution in [0.3, 0.4) is 0 Å². The SMILES string of the molecule is CC(NC1CC(C)N(C)CC1C)C(N)=O. The molecule has 3 N–H and O–H groups in total. The third-order valence-corrected chi connectivity index (χ3v) is 3.50. The van der Waals surface area contributed by atoms with Gasteiger partial charge in [0.05, 0.1) is 6.04 Å². The number of carbonyl (C=O) groups is 1. The molecule has 4 nitrogen and oxygen atoms in total. The summed E-state index contributed by atoms with van der Waals surface area (Å²) in [4.78, 5) is 13.3. The third kappa shape index (κ3) is 3.18. The number of primary amides is 1. The highest BCUT2D eigenvalue weighted by Crippen LogP contribution is 2.20. The lowest BCUT2D eigenvalue weighted by Crippen LogP contribution is -2.55. The molecular formula is C11H23N3O. The van der Waals surface area contributed by atoms with Crippen LogP contribution >= 0.6 is 0 Å². The van der Waals surface area contributed by atoms with Gasteiger partial charge in [-0.1, -0.05) is 6.92 Å². The molecule has 0 saturated carbocycles. The molecular weight excluding hydrogens is 190 g/mol. The van der Waals surface area contributed by atoms with Crippen LogP contribution in [0, 0.1) is 5.92 Å².